The number of fused-ring (bicyclic) bond motifs is 9. The van der Waals surface area contributed by atoms with Gasteiger partial charge in [-0.15, -0.1) is 0 Å². The second kappa shape index (κ2) is 42.9. The molecule has 21 rings (SSSR count). The van der Waals surface area contributed by atoms with Gasteiger partial charge in [0, 0.05) is 5.41 Å². The van der Waals surface area contributed by atoms with Crippen molar-refractivity contribution in [2.45, 2.75) is 188 Å². The molecule has 20 aromatic rings. The van der Waals surface area contributed by atoms with Gasteiger partial charge in [-0.25, -0.2) is 0 Å². The van der Waals surface area contributed by atoms with E-state index in [2.05, 4.69) is 474 Å². The first kappa shape index (κ1) is 92.0. The lowest BCUT2D eigenvalue weighted by atomic mass is 9.70. The minimum absolute atomic E-state index is 0.0323. The van der Waals surface area contributed by atoms with E-state index in [9.17, 15) is 0 Å². The highest BCUT2D eigenvalue weighted by atomic mass is 14.5. The Labute approximate surface area is 815 Å². The van der Waals surface area contributed by atoms with Crippen molar-refractivity contribution < 1.29 is 0 Å². The highest BCUT2D eigenvalue weighted by Gasteiger charge is 2.43. The van der Waals surface area contributed by atoms with E-state index in [0.29, 0.717) is 17.8 Å². The second-order valence-electron chi connectivity index (χ2n) is 38.7. The molecule has 0 fully saturated rings. The van der Waals surface area contributed by atoms with E-state index in [-0.39, 0.29) is 5.41 Å². The lowest BCUT2D eigenvalue weighted by Crippen LogP contribution is -2.25. The van der Waals surface area contributed by atoms with Gasteiger partial charge in [0.2, 0.25) is 0 Å². The Morgan fingerprint density at radius 2 is 0.394 bits per heavy atom. The molecule has 0 radical (unpaired) electrons. The quantitative estimate of drug-likeness (QED) is 0.0311. The van der Waals surface area contributed by atoms with Crippen LogP contribution in [0.25, 0.3) is 187 Å². The van der Waals surface area contributed by atoms with Crippen molar-refractivity contribution in [1.29, 1.82) is 0 Å². The van der Waals surface area contributed by atoms with Crippen molar-refractivity contribution >= 4 is 64.6 Å². The number of hydrogen-bond donors (Lipinski definition) is 0. The van der Waals surface area contributed by atoms with E-state index in [1.54, 1.807) is 11.1 Å². The van der Waals surface area contributed by atoms with E-state index < -0.39 is 0 Å². The molecule has 0 saturated carbocycles. The molecule has 1 aliphatic carbocycles. The predicted molar refractivity (Wildman–Crippen MR) is 597 cm³/mol. The third-order valence-electron chi connectivity index (χ3n) is 30.4. The van der Waals surface area contributed by atoms with Crippen LogP contribution in [0.5, 0.6) is 0 Å². The van der Waals surface area contributed by atoms with Crippen LogP contribution in [0.4, 0.5) is 0 Å². The Morgan fingerprint density at radius 3 is 0.701 bits per heavy atom. The lowest BCUT2D eigenvalue weighted by molar-refractivity contribution is 0.398. The van der Waals surface area contributed by atoms with Gasteiger partial charge in [-0.3, -0.25) is 0 Å². The maximum atomic E-state index is 2.62. The smallest absolute Gasteiger partial charge is 0.0215 e. The van der Waals surface area contributed by atoms with Gasteiger partial charge >= 0.3 is 0 Å². The Kier molecular flexibility index (Phi) is 28.8. The van der Waals surface area contributed by atoms with Gasteiger partial charge in [0.1, 0.15) is 0 Å². The van der Waals surface area contributed by atoms with Gasteiger partial charge in [-0.05, 0) is 277 Å². The summed E-state index contributed by atoms with van der Waals surface area (Å²) in [6, 6.07) is 156. The third kappa shape index (κ3) is 18.9. The van der Waals surface area contributed by atoms with E-state index in [4.69, 9.17) is 0 Å². The predicted octanol–water partition coefficient (Wildman–Crippen LogP) is 41.0. The summed E-state index contributed by atoms with van der Waals surface area (Å²) >= 11 is 0. The minimum atomic E-state index is 0.0323. The van der Waals surface area contributed by atoms with E-state index in [1.807, 2.05) is 0 Å². The van der Waals surface area contributed by atoms with Gasteiger partial charge in [0.15, 0.2) is 0 Å². The summed E-state index contributed by atoms with van der Waals surface area (Å²) in [5.41, 5.74) is 36.2. The van der Waals surface area contributed by atoms with Gasteiger partial charge in [0.25, 0.3) is 0 Å². The molecule has 3 unspecified atom stereocenters. The van der Waals surface area contributed by atoms with Crippen LogP contribution in [0, 0.1) is 0 Å². The van der Waals surface area contributed by atoms with E-state index in [0.717, 1.165) is 12.8 Å². The van der Waals surface area contributed by atoms with Crippen molar-refractivity contribution in [3.05, 3.63) is 446 Å². The van der Waals surface area contributed by atoms with Crippen LogP contribution in [-0.4, -0.2) is 0 Å². The lowest BCUT2D eigenvalue weighted by Gasteiger charge is -2.33. The summed E-state index contributed by atoms with van der Waals surface area (Å²) in [6.07, 6.45) is 21.9. The number of benzene rings is 20. The van der Waals surface area contributed by atoms with Crippen molar-refractivity contribution in [3.8, 4) is 122 Å². The first-order chi connectivity index (χ1) is 67.6. The largest absolute Gasteiger partial charge is 0.0654 e. The molecule has 3 atom stereocenters. The van der Waals surface area contributed by atoms with Crippen molar-refractivity contribution in [2.75, 3.05) is 0 Å². The van der Waals surface area contributed by atoms with E-state index in [1.165, 1.54) is 300 Å². The zero-order valence-electron chi connectivity index (χ0n) is 81.6. The Bertz CT molecular complexity index is 7370. The van der Waals surface area contributed by atoms with E-state index >= 15 is 0 Å². The monoisotopic (exact) mass is 1780 g/mol. The molecule has 0 bridgehead atoms. The first-order valence-corrected chi connectivity index (χ1v) is 51.4. The summed E-state index contributed by atoms with van der Waals surface area (Å²) in [6.45, 7) is 18.4. The van der Waals surface area contributed by atoms with Gasteiger partial charge in [-0.1, -0.05) is 539 Å². The molecule has 20 aromatic carbocycles. The number of unbranched alkanes of at least 4 members (excludes halogenated alkanes) is 10. The normalized spacial score (nSPS) is 12.7. The highest BCUT2D eigenvalue weighted by Crippen LogP contribution is 2.58. The second-order valence-corrected chi connectivity index (χ2v) is 38.7. The zero-order valence-corrected chi connectivity index (χ0v) is 81.6. The van der Waals surface area contributed by atoms with Crippen LogP contribution in [0.1, 0.15) is 210 Å². The molecule has 0 heteroatoms. The van der Waals surface area contributed by atoms with Crippen LogP contribution in [0.2, 0.25) is 0 Å². The molecular formula is C137H130. The molecule has 0 spiro atoms. The highest BCUT2D eigenvalue weighted by molar-refractivity contribution is 6.31. The van der Waals surface area contributed by atoms with Crippen LogP contribution < -0.4 is 0 Å². The number of hydrogen-bond acceptors (Lipinski definition) is 0. The molecular weight excluding hydrogens is 1650 g/mol. The van der Waals surface area contributed by atoms with Crippen molar-refractivity contribution in [3.63, 3.8) is 0 Å². The average molecular weight is 1780 g/mol. The zero-order chi connectivity index (χ0) is 93.6. The Balaban J connectivity index is 0.000000134. The maximum absolute atomic E-state index is 2.62. The summed E-state index contributed by atoms with van der Waals surface area (Å²) in [4.78, 5) is 0. The average Bonchev–Trinajstić information content (AvgIpc) is 1.68. The first-order valence-electron chi connectivity index (χ1n) is 51.4. The molecule has 0 aromatic heterocycles. The van der Waals surface area contributed by atoms with Gasteiger partial charge in [0.05, 0.1) is 0 Å². The number of rotatable bonds is 30. The fourth-order valence-electron chi connectivity index (χ4n) is 22.5. The molecule has 678 valence electrons. The topological polar surface area (TPSA) is 0 Å². The van der Waals surface area contributed by atoms with Crippen LogP contribution in [0.15, 0.2) is 419 Å². The standard InChI is InChI=1S/C51H62.C50H38.C36H30/c1-5-8-10-12-14-21-35-51(36-22-15-13-11-9-6-2)49-37-43(41-29-27-40(28-30-41)39(4)7-3)31-33-47(49)48-34-32-44(38-50(48)51)46-26-20-19-25-45(46)42-23-17-16-18-24-42;1-3-33(2)34-29-31-36(32-30-34)47-39-21-9-13-25-43(39)49(44-26-14-10-22-40(44)47)50-45-27-15-11-23-41(45)48(42-24-12-16-28-46(42)50)38-20-8-7-19-37(38)35-17-5-4-6-18-35;1-3-25(2)26-21-23-28(24-22-26)35-31-17-9-11-19-33(31)36(34-20-12-10-18-32(34)35)30-16-8-7-15-29(30)27-13-5-4-6-14-27/h16-20,23-34,37-39H,5-15,21-22,35-36H2,1-4H3;4-33H,3H2,1-2H3;4-25H,3H2,1-2H3. The fourth-order valence-corrected chi connectivity index (χ4v) is 22.5. The fraction of sp³-hybridized carbons (Fsp3) is 0.212. The van der Waals surface area contributed by atoms with Crippen LogP contribution in [-0.2, 0) is 5.41 Å². The molecule has 137 heavy (non-hydrogen) atoms. The molecule has 1 aliphatic rings. The summed E-state index contributed by atoms with van der Waals surface area (Å²) in [7, 11) is 0. The molecule has 0 nitrogen and oxygen atoms in total. The SMILES string of the molecule is CCC(C)c1ccc(-c2c3ccccc3c(-c3c4ccccc4c(-c4ccccc4-c4ccccc4)c4ccccc34)c3ccccc23)cc1.CCC(C)c1ccc(-c2c3ccccc3c(-c3ccccc3-c3ccccc3)c3ccccc23)cc1.CCCCCCCCC1(CCCCCCCC)c2cc(-c3ccc(C(C)CC)cc3)ccc2-c2ccc(-c3ccccc3-c3ccccc3)cc21. The van der Waals surface area contributed by atoms with Gasteiger partial charge < -0.3 is 0 Å². The Hall–Kier alpha value is -14.0. The summed E-state index contributed by atoms with van der Waals surface area (Å²) < 4.78 is 0. The Morgan fingerprint density at radius 1 is 0.168 bits per heavy atom. The summed E-state index contributed by atoms with van der Waals surface area (Å²) in [5, 5.41) is 15.4. The van der Waals surface area contributed by atoms with Crippen molar-refractivity contribution in [2.24, 2.45) is 0 Å². The minimum Gasteiger partial charge on any atom is -0.0654 e. The molecule has 0 heterocycles. The summed E-state index contributed by atoms with van der Waals surface area (Å²) in [5.74, 6) is 1.71. The molecule has 0 aliphatic heterocycles. The molecule has 0 amide bonds. The van der Waals surface area contributed by atoms with Crippen LogP contribution >= 0.6 is 0 Å². The third-order valence-corrected chi connectivity index (χ3v) is 30.4. The van der Waals surface area contributed by atoms with Crippen LogP contribution in [0.3, 0.4) is 0 Å². The molecule has 0 saturated heterocycles. The molecule has 0 N–H and O–H groups in total. The maximum Gasteiger partial charge on any atom is 0.0215 e. The van der Waals surface area contributed by atoms with Crippen molar-refractivity contribution in [1.82, 2.24) is 0 Å². The van der Waals surface area contributed by atoms with Gasteiger partial charge in [-0.2, -0.15) is 0 Å².